The molecule has 156 valence electrons. The molecule has 0 amide bonds. The van der Waals surface area contributed by atoms with E-state index in [0.29, 0.717) is 0 Å². The average molecular weight is 418 g/mol. The number of nitrogens with zero attached hydrogens (tertiary/aromatic N) is 2. The van der Waals surface area contributed by atoms with Crippen LogP contribution in [0.3, 0.4) is 0 Å². The van der Waals surface area contributed by atoms with Crippen molar-refractivity contribution < 1.29 is 4.74 Å². The molecule has 1 N–H and O–H groups in total. The second-order valence-electron chi connectivity index (χ2n) is 7.50. The van der Waals surface area contributed by atoms with Crippen LogP contribution in [0.4, 0.5) is 0 Å². The van der Waals surface area contributed by atoms with Gasteiger partial charge in [-0.2, -0.15) is 5.10 Å². The van der Waals surface area contributed by atoms with Gasteiger partial charge in [-0.1, -0.05) is 55.1 Å². The molecule has 0 spiro atoms. The summed E-state index contributed by atoms with van der Waals surface area (Å²) in [5.74, 6) is 1.52. The summed E-state index contributed by atoms with van der Waals surface area (Å²) in [5.41, 5.74) is 6.31. The van der Waals surface area contributed by atoms with E-state index in [9.17, 15) is 0 Å². The maximum atomic E-state index is 6.18. The summed E-state index contributed by atoms with van der Waals surface area (Å²) in [6, 6.07) is 24.2. The molecule has 0 bridgehead atoms. The lowest BCUT2D eigenvalue weighted by atomic mass is 10.1. The molecule has 0 saturated heterocycles. The number of aromatic nitrogens is 3. The molecule has 2 aromatic heterocycles. The van der Waals surface area contributed by atoms with Crippen LogP contribution in [-0.4, -0.2) is 14.8 Å². The zero-order chi connectivity index (χ0) is 21.9. The summed E-state index contributed by atoms with van der Waals surface area (Å²) in [7, 11) is 0. The number of hydrogen-bond donors (Lipinski definition) is 1. The molecular weight excluding hydrogens is 394 g/mol. The molecule has 0 unspecified atom stereocenters. The lowest BCUT2D eigenvalue weighted by Crippen LogP contribution is -1.94. The number of rotatable bonds is 6. The monoisotopic (exact) mass is 417 g/mol. The van der Waals surface area contributed by atoms with Crippen molar-refractivity contribution in [3.05, 3.63) is 109 Å². The van der Waals surface area contributed by atoms with Gasteiger partial charge < -0.3 is 9.72 Å². The highest BCUT2D eigenvalue weighted by Crippen LogP contribution is 2.31. The number of allylic oxidation sites excluding steroid dienone is 1. The van der Waals surface area contributed by atoms with E-state index in [4.69, 9.17) is 4.74 Å². The highest BCUT2D eigenvalue weighted by atomic mass is 16.5. The van der Waals surface area contributed by atoms with Crippen LogP contribution in [0.2, 0.25) is 0 Å². The van der Waals surface area contributed by atoms with Crippen molar-refractivity contribution in [2.75, 3.05) is 0 Å². The third-order valence-corrected chi connectivity index (χ3v) is 5.39. The number of hydrogen-bond acceptors (Lipinski definition) is 2. The Morgan fingerprint density at radius 2 is 1.78 bits per heavy atom. The van der Waals surface area contributed by atoms with Gasteiger partial charge in [0, 0.05) is 40.5 Å². The summed E-state index contributed by atoms with van der Waals surface area (Å²) >= 11 is 0. The van der Waals surface area contributed by atoms with E-state index in [1.807, 2.05) is 90.7 Å². The first kappa shape index (κ1) is 19.6. The first-order valence-electron chi connectivity index (χ1n) is 10.5. The Hall–Kier alpha value is -4.31. The first-order valence-corrected chi connectivity index (χ1v) is 10.5. The Labute approximate surface area is 187 Å². The molecule has 4 heteroatoms. The van der Waals surface area contributed by atoms with Gasteiger partial charge in [0.15, 0.2) is 0 Å². The summed E-state index contributed by atoms with van der Waals surface area (Å²) in [6.45, 7) is 5.95. The van der Waals surface area contributed by atoms with Gasteiger partial charge in [-0.3, -0.25) is 0 Å². The Balaban J connectivity index is 1.42. The third-order valence-electron chi connectivity index (χ3n) is 5.39. The molecule has 0 aliphatic rings. The van der Waals surface area contributed by atoms with Crippen LogP contribution in [0.1, 0.15) is 18.2 Å². The highest BCUT2D eigenvalue weighted by Gasteiger charge is 2.09. The van der Waals surface area contributed by atoms with Gasteiger partial charge in [-0.15, -0.1) is 0 Å². The minimum atomic E-state index is 0.753. The van der Waals surface area contributed by atoms with Crippen LogP contribution in [0.15, 0.2) is 97.8 Å². The number of ether oxygens (including phenoxy) is 1. The van der Waals surface area contributed by atoms with E-state index >= 15 is 0 Å². The van der Waals surface area contributed by atoms with Gasteiger partial charge in [-0.25, -0.2) is 4.68 Å². The topological polar surface area (TPSA) is 42.8 Å². The van der Waals surface area contributed by atoms with Crippen LogP contribution in [0.25, 0.3) is 39.9 Å². The van der Waals surface area contributed by atoms with Crippen LogP contribution in [0, 0.1) is 0 Å². The summed E-state index contributed by atoms with van der Waals surface area (Å²) in [5, 5.41) is 5.66. The van der Waals surface area contributed by atoms with Crippen molar-refractivity contribution in [1.29, 1.82) is 0 Å². The minimum absolute atomic E-state index is 0.753. The zero-order valence-corrected chi connectivity index (χ0v) is 17.8. The SMILES string of the molecule is C=Cc1c(/C=C\C)[nH]c2cc(Oc3cccc(-n4cc(-c5ccccc5)cn4)c3)ccc12. The van der Waals surface area contributed by atoms with Crippen molar-refractivity contribution in [2.45, 2.75) is 6.92 Å². The Bertz CT molecular complexity index is 1420. The lowest BCUT2D eigenvalue weighted by molar-refractivity contribution is 0.483. The third kappa shape index (κ3) is 3.74. The first-order chi connectivity index (χ1) is 15.7. The summed E-state index contributed by atoms with van der Waals surface area (Å²) in [6.07, 6.45) is 9.85. The van der Waals surface area contributed by atoms with Gasteiger partial charge in [0.05, 0.1) is 17.4 Å². The minimum Gasteiger partial charge on any atom is -0.457 e. The molecule has 4 nitrogen and oxygen atoms in total. The second-order valence-corrected chi connectivity index (χ2v) is 7.50. The van der Waals surface area contributed by atoms with E-state index in [1.54, 1.807) is 0 Å². The summed E-state index contributed by atoms with van der Waals surface area (Å²) in [4.78, 5) is 3.45. The van der Waals surface area contributed by atoms with Crippen LogP contribution < -0.4 is 4.74 Å². The molecule has 0 atom stereocenters. The van der Waals surface area contributed by atoms with E-state index in [-0.39, 0.29) is 0 Å². The van der Waals surface area contributed by atoms with Gasteiger partial charge in [0.1, 0.15) is 11.5 Å². The van der Waals surface area contributed by atoms with E-state index < -0.39 is 0 Å². The van der Waals surface area contributed by atoms with Crippen molar-refractivity contribution in [2.24, 2.45) is 0 Å². The highest BCUT2D eigenvalue weighted by molar-refractivity contribution is 5.93. The molecule has 3 aromatic carbocycles. The molecule has 2 heterocycles. The normalized spacial score (nSPS) is 11.3. The molecule has 0 saturated carbocycles. The van der Waals surface area contributed by atoms with Crippen molar-refractivity contribution in [3.63, 3.8) is 0 Å². The quantitative estimate of drug-likeness (QED) is 0.311. The Morgan fingerprint density at radius 1 is 0.938 bits per heavy atom. The number of H-pyrrole nitrogens is 1. The predicted molar refractivity (Wildman–Crippen MR) is 132 cm³/mol. The van der Waals surface area contributed by atoms with E-state index in [0.717, 1.165) is 50.5 Å². The predicted octanol–water partition coefficient (Wildman–Crippen LogP) is 7.49. The van der Waals surface area contributed by atoms with Crippen LogP contribution in [-0.2, 0) is 0 Å². The number of nitrogens with one attached hydrogen (secondary N) is 1. The molecule has 0 radical (unpaired) electrons. The second kappa shape index (κ2) is 8.44. The molecule has 5 aromatic rings. The molecule has 5 rings (SSSR count). The number of benzene rings is 3. The van der Waals surface area contributed by atoms with E-state index in [1.165, 1.54) is 0 Å². The molecule has 0 fully saturated rings. The maximum Gasteiger partial charge on any atom is 0.129 e. The smallest absolute Gasteiger partial charge is 0.129 e. The van der Waals surface area contributed by atoms with Crippen LogP contribution >= 0.6 is 0 Å². The largest absolute Gasteiger partial charge is 0.457 e. The van der Waals surface area contributed by atoms with Gasteiger partial charge in [-0.05, 0) is 42.8 Å². The fourth-order valence-corrected chi connectivity index (χ4v) is 3.87. The Morgan fingerprint density at radius 3 is 2.59 bits per heavy atom. The standard InChI is InChI=1S/C28H23N3O/c1-3-9-27-25(4-2)26-15-14-24(17-28(26)30-27)32-23-13-8-12-22(16-23)31-19-21(18-29-31)20-10-6-5-7-11-20/h3-19,30H,2H2,1H3/b9-3-. The molecule has 0 aliphatic heterocycles. The van der Waals surface area contributed by atoms with Crippen LogP contribution in [0.5, 0.6) is 11.5 Å². The van der Waals surface area contributed by atoms with Crippen molar-refractivity contribution in [1.82, 2.24) is 14.8 Å². The zero-order valence-electron chi connectivity index (χ0n) is 17.8. The van der Waals surface area contributed by atoms with Gasteiger partial charge in [0.25, 0.3) is 0 Å². The van der Waals surface area contributed by atoms with Crippen molar-refractivity contribution in [3.8, 4) is 28.3 Å². The molecule has 32 heavy (non-hydrogen) atoms. The maximum absolute atomic E-state index is 6.18. The molecule has 0 aliphatic carbocycles. The summed E-state index contributed by atoms with van der Waals surface area (Å²) < 4.78 is 8.04. The van der Waals surface area contributed by atoms with Gasteiger partial charge in [0.2, 0.25) is 0 Å². The Kier molecular flexibility index (Phi) is 5.18. The van der Waals surface area contributed by atoms with Crippen molar-refractivity contribution >= 4 is 23.1 Å². The number of aromatic amines is 1. The lowest BCUT2D eigenvalue weighted by Gasteiger charge is -2.08. The number of fused-ring (bicyclic) bond motifs is 1. The fraction of sp³-hybridized carbons (Fsp3) is 0.0357. The van der Waals surface area contributed by atoms with Gasteiger partial charge >= 0.3 is 0 Å². The fourth-order valence-electron chi connectivity index (χ4n) is 3.87. The molecular formula is C28H23N3O. The average Bonchev–Trinajstić information content (AvgIpc) is 3.45. The van der Waals surface area contributed by atoms with E-state index in [2.05, 4.69) is 40.9 Å².